The number of aryl methyl sites for hydroxylation is 1. The summed E-state index contributed by atoms with van der Waals surface area (Å²) < 4.78 is 32.4. The monoisotopic (exact) mass is 403 g/mol. The van der Waals surface area contributed by atoms with Crippen molar-refractivity contribution in [2.24, 2.45) is 0 Å². The second-order valence-electron chi connectivity index (χ2n) is 6.77. The van der Waals surface area contributed by atoms with E-state index in [1.165, 1.54) is 22.8 Å². The molecule has 1 saturated heterocycles. The summed E-state index contributed by atoms with van der Waals surface area (Å²) in [4.78, 5) is 18.2. The first-order valence-corrected chi connectivity index (χ1v) is 10.7. The summed E-state index contributed by atoms with van der Waals surface area (Å²) in [6, 6.07) is 8.98. The van der Waals surface area contributed by atoms with Gasteiger partial charge in [-0.3, -0.25) is 9.78 Å². The molecule has 0 N–H and O–H groups in total. The zero-order chi connectivity index (χ0) is 20.1. The third-order valence-corrected chi connectivity index (χ3v) is 6.87. The van der Waals surface area contributed by atoms with Crippen molar-refractivity contribution >= 4 is 15.9 Å². The average molecular weight is 404 g/mol. The molecule has 0 unspecified atom stereocenters. The van der Waals surface area contributed by atoms with Gasteiger partial charge in [0.25, 0.3) is 0 Å². The lowest BCUT2D eigenvalue weighted by atomic mass is 10.1. The first-order valence-electron chi connectivity index (χ1n) is 9.26. The molecule has 2 aromatic rings. The van der Waals surface area contributed by atoms with Gasteiger partial charge in [-0.05, 0) is 43.2 Å². The summed E-state index contributed by atoms with van der Waals surface area (Å²) >= 11 is 0. The van der Waals surface area contributed by atoms with Crippen LogP contribution in [0, 0.1) is 13.8 Å². The second-order valence-corrected chi connectivity index (χ2v) is 8.71. The quantitative estimate of drug-likeness (QED) is 0.737. The predicted molar refractivity (Wildman–Crippen MR) is 106 cm³/mol. The minimum absolute atomic E-state index is 0.0243. The molecule has 1 aliphatic rings. The van der Waals surface area contributed by atoms with Crippen LogP contribution < -0.4 is 4.74 Å². The molecular formula is C20H25N3O4S. The molecule has 150 valence electrons. The number of hydrogen-bond donors (Lipinski definition) is 0. The van der Waals surface area contributed by atoms with Crippen LogP contribution in [-0.2, 0) is 14.8 Å². The summed E-state index contributed by atoms with van der Waals surface area (Å²) in [7, 11) is -3.56. The zero-order valence-electron chi connectivity index (χ0n) is 16.2. The van der Waals surface area contributed by atoms with Crippen LogP contribution in [-0.4, -0.2) is 61.3 Å². The van der Waals surface area contributed by atoms with Crippen LogP contribution in [0.2, 0.25) is 0 Å². The van der Waals surface area contributed by atoms with Crippen LogP contribution in [0.5, 0.6) is 5.75 Å². The molecule has 1 aromatic carbocycles. The molecule has 28 heavy (non-hydrogen) atoms. The lowest BCUT2D eigenvalue weighted by Crippen LogP contribution is -2.50. The first-order chi connectivity index (χ1) is 13.4. The van der Waals surface area contributed by atoms with Crippen molar-refractivity contribution in [3.8, 4) is 5.75 Å². The summed E-state index contributed by atoms with van der Waals surface area (Å²) in [5.41, 5.74) is 2.22. The topological polar surface area (TPSA) is 79.8 Å². The number of rotatable bonds is 6. The maximum Gasteiger partial charge on any atom is 0.244 e. The first kappa shape index (κ1) is 20.3. The molecule has 7 nitrogen and oxygen atoms in total. The van der Waals surface area contributed by atoms with E-state index in [-0.39, 0.29) is 30.3 Å². The number of sulfonamides is 1. The van der Waals surface area contributed by atoms with Crippen molar-refractivity contribution in [1.82, 2.24) is 14.2 Å². The van der Waals surface area contributed by atoms with E-state index in [0.29, 0.717) is 19.7 Å². The lowest BCUT2D eigenvalue weighted by molar-refractivity contribution is -0.132. The van der Waals surface area contributed by atoms with Crippen molar-refractivity contribution in [1.29, 1.82) is 0 Å². The van der Waals surface area contributed by atoms with Gasteiger partial charge in [0.2, 0.25) is 15.9 Å². The molecule has 0 aliphatic carbocycles. The van der Waals surface area contributed by atoms with Crippen LogP contribution in [0.4, 0.5) is 0 Å². The number of nitrogens with zero attached hydrogens (tertiary/aromatic N) is 3. The highest BCUT2D eigenvalue weighted by molar-refractivity contribution is 7.89. The molecule has 1 aliphatic heterocycles. The largest absolute Gasteiger partial charge is 0.493 e. The highest BCUT2D eigenvalue weighted by Crippen LogP contribution is 2.21. The number of pyridine rings is 1. The number of carbonyl (C=O) groups excluding carboxylic acids is 1. The minimum Gasteiger partial charge on any atom is -0.493 e. The molecule has 0 atom stereocenters. The van der Waals surface area contributed by atoms with Gasteiger partial charge in [-0.15, -0.1) is 0 Å². The fourth-order valence-corrected chi connectivity index (χ4v) is 4.50. The summed E-state index contributed by atoms with van der Waals surface area (Å²) in [5, 5.41) is 0. The van der Waals surface area contributed by atoms with Crippen LogP contribution in [0.1, 0.15) is 17.5 Å². The van der Waals surface area contributed by atoms with Crippen LogP contribution in [0.15, 0.2) is 47.6 Å². The standard InChI is InChI=1S/C20H25N3O4S/c1-16-5-3-7-19(17(16)2)27-14-8-20(24)22-10-12-23(13-11-22)28(25,26)18-6-4-9-21-15-18/h3-7,9,15H,8,10-14H2,1-2H3. The van der Waals surface area contributed by atoms with Gasteiger partial charge in [-0.25, -0.2) is 8.42 Å². The number of benzene rings is 1. The van der Waals surface area contributed by atoms with Crippen molar-refractivity contribution in [3.63, 3.8) is 0 Å². The summed E-state index contributed by atoms with van der Waals surface area (Å²) in [5.74, 6) is 0.768. The van der Waals surface area contributed by atoms with Gasteiger partial charge in [0.15, 0.2) is 0 Å². The van der Waals surface area contributed by atoms with E-state index in [0.717, 1.165) is 16.9 Å². The Morgan fingerprint density at radius 3 is 2.54 bits per heavy atom. The van der Waals surface area contributed by atoms with E-state index < -0.39 is 10.0 Å². The minimum atomic E-state index is -3.56. The molecule has 1 amide bonds. The van der Waals surface area contributed by atoms with E-state index in [2.05, 4.69) is 4.98 Å². The van der Waals surface area contributed by atoms with E-state index >= 15 is 0 Å². The number of hydrogen-bond acceptors (Lipinski definition) is 5. The Hall–Kier alpha value is -2.45. The Labute approximate surface area is 166 Å². The Kier molecular flexibility index (Phi) is 6.31. The summed E-state index contributed by atoms with van der Waals surface area (Å²) in [6.07, 6.45) is 3.15. The van der Waals surface area contributed by atoms with E-state index in [9.17, 15) is 13.2 Å². The van der Waals surface area contributed by atoms with E-state index in [1.54, 1.807) is 11.0 Å². The highest BCUT2D eigenvalue weighted by atomic mass is 32.2. The Balaban J connectivity index is 1.49. The van der Waals surface area contributed by atoms with Gasteiger partial charge in [-0.2, -0.15) is 4.31 Å². The molecule has 3 rings (SSSR count). The molecule has 1 fully saturated rings. The smallest absolute Gasteiger partial charge is 0.244 e. The van der Waals surface area contributed by atoms with Crippen molar-refractivity contribution in [2.75, 3.05) is 32.8 Å². The van der Waals surface area contributed by atoms with Gasteiger partial charge in [0.05, 0.1) is 13.0 Å². The second kappa shape index (κ2) is 8.70. The average Bonchev–Trinajstić information content (AvgIpc) is 2.72. The Morgan fingerprint density at radius 1 is 1.11 bits per heavy atom. The number of aromatic nitrogens is 1. The third-order valence-electron chi connectivity index (χ3n) is 4.99. The van der Waals surface area contributed by atoms with E-state index in [1.807, 2.05) is 32.0 Å². The van der Waals surface area contributed by atoms with Gasteiger partial charge in [0, 0.05) is 38.6 Å². The van der Waals surface area contributed by atoms with Crippen molar-refractivity contribution in [2.45, 2.75) is 25.2 Å². The zero-order valence-corrected chi connectivity index (χ0v) is 17.0. The number of ether oxygens (including phenoxy) is 1. The van der Waals surface area contributed by atoms with Crippen molar-refractivity contribution < 1.29 is 17.9 Å². The van der Waals surface area contributed by atoms with Gasteiger partial charge < -0.3 is 9.64 Å². The fraction of sp³-hybridized carbons (Fsp3) is 0.400. The molecule has 0 saturated carbocycles. The normalized spacial score (nSPS) is 15.4. The molecule has 8 heteroatoms. The van der Waals surface area contributed by atoms with Gasteiger partial charge in [-0.1, -0.05) is 12.1 Å². The number of carbonyl (C=O) groups is 1. The lowest BCUT2D eigenvalue weighted by Gasteiger charge is -2.34. The van der Waals surface area contributed by atoms with E-state index in [4.69, 9.17) is 4.74 Å². The highest BCUT2D eigenvalue weighted by Gasteiger charge is 2.30. The Morgan fingerprint density at radius 2 is 1.86 bits per heavy atom. The maximum atomic E-state index is 12.6. The van der Waals surface area contributed by atoms with Gasteiger partial charge in [0.1, 0.15) is 10.6 Å². The molecule has 2 heterocycles. The van der Waals surface area contributed by atoms with Gasteiger partial charge >= 0.3 is 0 Å². The molecule has 0 radical (unpaired) electrons. The van der Waals surface area contributed by atoms with Crippen LogP contribution in [0.3, 0.4) is 0 Å². The van der Waals surface area contributed by atoms with Crippen molar-refractivity contribution in [3.05, 3.63) is 53.9 Å². The SMILES string of the molecule is Cc1cccc(OCCC(=O)N2CCN(S(=O)(=O)c3cccnc3)CC2)c1C. The molecule has 1 aromatic heterocycles. The number of amides is 1. The predicted octanol–water partition coefficient (Wildman–Crippen LogP) is 2.00. The van der Waals surface area contributed by atoms with Crippen LogP contribution in [0.25, 0.3) is 0 Å². The third kappa shape index (κ3) is 4.51. The molecular weight excluding hydrogens is 378 g/mol. The maximum absolute atomic E-state index is 12.6. The number of piperazine rings is 1. The molecule has 0 spiro atoms. The molecule has 0 bridgehead atoms. The van der Waals surface area contributed by atoms with Crippen LogP contribution >= 0.6 is 0 Å². The fourth-order valence-electron chi connectivity index (χ4n) is 3.11. The Bertz CT molecular complexity index is 924. The summed E-state index contributed by atoms with van der Waals surface area (Å²) in [6.45, 7) is 5.63.